The van der Waals surface area contributed by atoms with Crippen molar-refractivity contribution in [2.24, 2.45) is 5.92 Å². The lowest BCUT2D eigenvalue weighted by Gasteiger charge is -2.11. The molecule has 2 N–H and O–H groups in total. The molecule has 106 valence electrons. The fourth-order valence-corrected chi connectivity index (χ4v) is 1.94. The quantitative estimate of drug-likeness (QED) is 0.664. The van der Waals surface area contributed by atoms with E-state index in [-0.39, 0.29) is 0 Å². The van der Waals surface area contributed by atoms with E-state index >= 15 is 0 Å². The van der Waals surface area contributed by atoms with E-state index in [0.29, 0.717) is 40.4 Å². The maximum absolute atomic E-state index is 11.7. The van der Waals surface area contributed by atoms with Crippen LogP contribution in [0, 0.1) is 12.8 Å². The van der Waals surface area contributed by atoms with E-state index in [9.17, 15) is 4.79 Å². The van der Waals surface area contributed by atoms with Gasteiger partial charge in [0.15, 0.2) is 0 Å². The molecule has 0 saturated carbocycles. The number of hydrogen-bond donors (Lipinski definition) is 2. The van der Waals surface area contributed by atoms with Gasteiger partial charge >= 0.3 is 0 Å². The van der Waals surface area contributed by atoms with Crippen molar-refractivity contribution in [2.45, 2.75) is 20.8 Å². The molecule has 5 nitrogen and oxygen atoms in total. The lowest BCUT2D eigenvalue weighted by molar-refractivity contribution is 0.0708. The second kappa shape index (κ2) is 5.88. The molecule has 0 aliphatic carbocycles. The average Bonchev–Trinajstić information content (AvgIpc) is 2.43. The van der Waals surface area contributed by atoms with Gasteiger partial charge in [0.25, 0.3) is 5.91 Å². The summed E-state index contributed by atoms with van der Waals surface area (Å²) in [4.78, 5) is 16.1. The Morgan fingerprint density at radius 3 is 2.80 bits per heavy atom. The highest BCUT2D eigenvalue weighted by atomic mass is 16.5. The number of benzene rings is 1. The largest absolute Gasteiger partial charge is 0.493 e. The molecule has 0 radical (unpaired) electrons. The summed E-state index contributed by atoms with van der Waals surface area (Å²) in [6.45, 7) is 6.54. The number of carbonyl (C=O) groups excluding carboxylic acids is 1. The van der Waals surface area contributed by atoms with Crippen LogP contribution in [0.5, 0.6) is 5.75 Å². The molecule has 0 fully saturated rings. The maximum Gasteiger partial charge on any atom is 0.275 e. The van der Waals surface area contributed by atoms with E-state index in [1.807, 2.05) is 12.1 Å². The zero-order valence-electron chi connectivity index (χ0n) is 11.8. The van der Waals surface area contributed by atoms with E-state index < -0.39 is 5.91 Å². The van der Waals surface area contributed by atoms with Gasteiger partial charge < -0.3 is 4.74 Å². The molecule has 0 aliphatic rings. The summed E-state index contributed by atoms with van der Waals surface area (Å²) in [6, 6.07) is 7.05. The molecule has 0 saturated heterocycles. The second-order valence-electron chi connectivity index (χ2n) is 5.14. The Morgan fingerprint density at radius 1 is 1.40 bits per heavy atom. The number of nitrogens with one attached hydrogen (secondary N) is 1. The number of ether oxygens (including phenoxy) is 1. The summed E-state index contributed by atoms with van der Waals surface area (Å²) in [6.07, 6.45) is 0. The first-order valence-corrected chi connectivity index (χ1v) is 6.50. The van der Waals surface area contributed by atoms with Crippen molar-refractivity contribution < 1.29 is 14.7 Å². The predicted octanol–water partition coefficient (Wildman–Crippen LogP) is 2.70. The highest BCUT2D eigenvalue weighted by Gasteiger charge is 2.12. The number of aromatic nitrogens is 1. The predicted molar refractivity (Wildman–Crippen MR) is 76.1 cm³/mol. The summed E-state index contributed by atoms with van der Waals surface area (Å²) in [5.41, 5.74) is 3.45. The van der Waals surface area contributed by atoms with Crippen molar-refractivity contribution in [1.29, 1.82) is 0 Å². The molecule has 20 heavy (non-hydrogen) atoms. The van der Waals surface area contributed by atoms with E-state index in [0.717, 1.165) is 0 Å². The normalized spacial score (nSPS) is 10.8. The fraction of sp³-hybridized carbons (Fsp3) is 0.333. The van der Waals surface area contributed by atoms with Crippen LogP contribution in [0.1, 0.15) is 29.9 Å². The third kappa shape index (κ3) is 3.05. The lowest BCUT2D eigenvalue weighted by Crippen LogP contribution is -2.19. The van der Waals surface area contributed by atoms with Crippen molar-refractivity contribution in [2.75, 3.05) is 6.61 Å². The van der Waals surface area contributed by atoms with Crippen LogP contribution >= 0.6 is 0 Å². The van der Waals surface area contributed by atoms with Gasteiger partial charge in [-0.05, 0) is 37.1 Å². The number of carbonyl (C=O) groups is 1. The van der Waals surface area contributed by atoms with Gasteiger partial charge in [-0.1, -0.05) is 13.8 Å². The number of hydroxylamine groups is 1. The Morgan fingerprint density at radius 2 is 2.15 bits per heavy atom. The molecule has 5 heteroatoms. The molecule has 1 aromatic carbocycles. The molecule has 0 spiro atoms. The SMILES string of the molecule is Cc1cc(C(=O)NO)c2cc(OCC(C)C)ccc2n1. The first kappa shape index (κ1) is 14.3. The van der Waals surface area contributed by atoms with Gasteiger partial charge in [0.05, 0.1) is 17.7 Å². The monoisotopic (exact) mass is 274 g/mol. The summed E-state index contributed by atoms with van der Waals surface area (Å²) < 4.78 is 5.65. The van der Waals surface area contributed by atoms with Crippen LogP contribution in [0.4, 0.5) is 0 Å². The first-order chi connectivity index (χ1) is 9.51. The van der Waals surface area contributed by atoms with Gasteiger partial charge in [-0.25, -0.2) is 5.48 Å². The summed E-state index contributed by atoms with van der Waals surface area (Å²) in [5.74, 6) is 0.549. The van der Waals surface area contributed by atoms with E-state index in [2.05, 4.69) is 18.8 Å². The smallest absolute Gasteiger partial charge is 0.275 e. The van der Waals surface area contributed by atoms with Crippen molar-refractivity contribution in [1.82, 2.24) is 10.5 Å². The average molecular weight is 274 g/mol. The Bertz CT molecular complexity index is 638. The lowest BCUT2D eigenvalue weighted by atomic mass is 10.1. The van der Waals surface area contributed by atoms with Gasteiger partial charge in [0.1, 0.15) is 5.75 Å². The molecule has 0 aliphatic heterocycles. The van der Waals surface area contributed by atoms with Crippen LogP contribution < -0.4 is 10.2 Å². The van der Waals surface area contributed by atoms with E-state index in [1.54, 1.807) is 24.5 Å². The van der Waals surface area contributed by atoms with Crippen molar-refractivity contribution >= 4 is 16.8 Å². The molecule has 1 amide bonds. The highest BCUT2D eigenvalue weighted by molar-refractivity contribution is 6.06. The second-order valence-corrected chi connectivity index (χ2v) is 5.14. The minimum atomic E-state index is -0.554. The Labute approximate surface area is 117 Å². The topological polar surface area (TPSA) is 71.5 Å². The van der Waals surface area contributed by atoms with Gasteiger partial charge in [0, 0.05) is 11.1 Å². The molecular formula is C15H18N2O3. The first-order valence-electron chi connectivity index (χ1n) is 6.50. The molecule has 0 atom stereocenters. The van der Waals surface area contributed by atoms with Gasteiger partial charge in [-0.3, -0.25) is 15.0 Å². The molecule has 1 heterocycles. The number of pyridine rings is 1. The van der Waals surface area contributed by atoms with Crippen LogP contribution in [-0.2, 0) is 0 Å². The molecular weight excluding hydrogens is 256 g/mol. The van der Waals surface area contributed by atoms with Crippen LogP contribution in [0.2, 0.25) is 0 Å². The zero-order valence-corrected chi connectivity index (χ0v) is 11.8. The maximum atomic E-state index is 11.7. The number of rotatable bonds is 4. The van der Waals surface area contributed by atoms with E-state index in [4.69, 9.17) is 9.94 Å². The van der Waals surface area contributed by atoms with Crippen LogP contribution in [0.25, 0.3) is 10.9 Å². The zero-order chi connectivity index (χ0) is 14.7. The Hall–Kier alpha value is -2.14. The van der Waals surface area contributed by atoms with Crippen LogP contribution in [-0.4, -0.2) is 22.7 Å². The van der Waals surface area contributed by atoms with Gasteiger partial charge in [-0.15, -0.1) is 0 Å². The number of fused-ring (bicyclic) bond motifs is 1. The number of amides is 1. The third-order valence-electron chi connectivity index (χ3n) is 2.84. The molecule has 0 bridgehead atoms. The minimum absolute atomic E-state index is 0.380. The highest BCUT2D eigenvalue weighted by Crippen LogP contribution is 2.24. The number of nitrogens with zero attached hydrogens (tertiary/aromatic N) is 1. The Balaban J connectivity index is 2.48. The van der Waals surface area contributed by atoms with Gasteiger partial charge in [-0.2, -0.15) is 0 Å². The van der Waals surface area contributed by atoms with Crippen molar-refractivity contribution in [3.05, 3.63) is 35.5 Å². The fourth-order valence-electron chi connectivity index (χ4n) is 1.94. The van der Waals surface area contributed by atoms with Crippen LogP contribution in [0.15, 0.2) is 24.3 Å². The van der Waals surface area contributed by atoms with Crippen molar-refractivity contribution in [3.8, 4) is 5.75 Å². The number of hydrogen-bond acceptors (Lipinski definition) is 4. The molecule has 2 rings (SSSR count). The standard InChI is InChI=1S/C15H18N2O3/c1-9(2)8-20-11-4-5-14-12(7-11)13(15(18)17-19)6-10(3)16-14/h4-7,9,19H,8H2,1-3H3,(H,17,18). The van der Waals surface area contributed by atoms with Gasteiger partial charge in [0.2, 0.25) is 0 Å². The summed E-state index contributed by atoms with van der Waals surface area (Å²) in [5, 5.41) is 9.49. The molecule has 0 unspecified atom stereocenters. The molecule has 1 aromatic heterocycles. The number of aryl methyl sites for hydroxylation is 1. The minimum Gasteiger partial charge on any atom is -0.493 e. The van der Waals surface area contributed by atoms with E-state index in [1.165, 1.54) is 0 Å². The summed E-state index contributed by atoms with van der Waals surface area (Å²) in [7, 11) is 0. The Kier molecular flexibility index (Phi) is 4.20. The summed E-state index contributed by atoms with van der Waals surface area (Å²) >= 11 is 0. The molecule has 2 aromatic rings. The van der Waals surface area contributed by atoms with Crippen LogP contribution in [0.3, 0.4) is 0 Å². The van der Waals surface area contributed by atoms with Crippen molar-refractivity contribution in [3.63, 3.8) is 0 Å². The third-order valence-corrected chi connectivity index (χ3v) is 2.84.